The molecule has 0 spiro atoms. The molecule has 0 aromatic rings. The molecule has 0 heterocycles. The molecule has 0 fully saturated rings. The van der Waals surface area contributed by atoms with Gasteiger partial charge in [-0.15, -0.1) is 13.2 Å². The van der Waals surface area contributed by atoms with Crippen molar-refractivity contribution in [1.82, 2.24) is 46.7 Å². The first-order valence-corrected chi connectivity index (χ1v) is 7.44. The van der Waals surface area contributed by atoms with E-state index in [1.54, 1.807) is 13.8 Å². The van der Waals surface area contributed by atoms with Crippen LogP contribution < -0.4 is 67.5 Å². The third-order valence-corrected chi connectivity index (χ3v) is 2.14. The number of carboxylic acids is 4. The lowest BCUT2D eigenvalue weighted by Crippen LogP contribution is -2.50. The van der Waals surface area contributed by atoms with Gasteiger partial charge in [0.2, 0.25) is 0 Å². The third-order valence-electron chi connectivity index (χ3n) is 2.14. The van der Waals surface area contributed by atoms with Crippen LogP contribution in [-0.4, -0.2) is 86.2 Å². The van der Waals surface area contributed by atoms with Gasteiger partial charge < -0.3 is 86.7 Å². The molecule has 18 heteroatoms. The van der Waals surface area contributed by atoms with Crippen LogP contribution in [0.1, 0.15) is 13.8 Å². The number of carboxylic acid groups (broad SMARTS) is 4. The molecule has 0 radical (unpaired) electrons. The van der Waals surface area contributed by atoms with Crippen LogP contribution in [0.4, 0.5) is 0 Å². The Balaban J connectivity index is -0.0000000566. The molecule has 0 aliphatic carbocycles. The first kappa shape index (κ1) is 57.0. The highest BCUT2D eigenvalue weighted by molar-refractivity contribution is 5.71. The minimum absolute atomic E-state index is 0. The quantitative estimate of drug-likeness (QED) is 0.159. The van der Waals surface area contributed by atoms with E-state index in [-0.39, 0.29) is 63.2 Å². The standard InChI is InChI=1S/C10H16N2O8.2C2H5O.6H3N/c13-7(14)3-11(4-8(15)16)1-2-12(5-9(17)18)6-10(19)20;2*1-2-3;;;;;;/h1-6H2,(H,13,14)(H,15,16)(H,17,18)(H,19,20);2*2H2,1H3;6*1H3/q;2*-1;;;;;;/p+2. The zero-order valence-electron chi connectivity index (χ0n) is 20.6. The fraction of sp³-hybridized carbons (Fsp3) is 0.714. The third kappa shape index (κ3) is 56.4. The minimum atomic E-state index is -1.53. The molecular weight excluding hydrogens is 440 g/mol. The summed E-state index contributed by atoms with van der Waals surface area (Å²) in [6, 6.07) is 0. The van der Waals surface area contributed by atoms with E-state index >= 15 is 0 Å². The molecule has 0 unspecified atom stereocenters. The Morgan fingerprint density at radius 1 is 0.500 bits per heavy atom. The molecule has 0 aliphatic rings. The van der Waals surface area contributed by atoms with Gasteiger partial charge in [0.05, 0.1) is 23.9 Å². The first-order valence-electron chi connectivity index (χ1n) is 7.44. The smallest absolute Gasteiger partial charge is 0.0555 e. The summed E-state index contributed by atoms with van der Waals surface area (Å²) in [6.45, 7) is -0.112. The number of hydrogen-bond donors (Lipinski definition) is 6. The lowest BCUT2D eigenvalue weighted by Gasteiger charge is -2.28. The van der Waals surface area contributed by atoms with Crippen LogP contribution in [-0.2, 0) is 19.2 Å². The van der Waals surface area contributed by atoms with Crippen LogP contribution in [0.2, 0.25) is 0 Å². The molecule has 0 saturated carbocycles. The number of quaternary nitrogens is 6. The second kappa shape index (κ2) is 39.0. The van der Waals surface area contributed by atoms with Crippen LogP contribution >= 0.6 is 0 Å². The Labute approximate surface area is 187 Å². The van der Waals surface area contributed by atoms with Gasteiger partial charge in [-0.1, -0.05) is 13.8 Å². The van der Waals surface area contributed by atoms with Crippen molar-refractivity contribution in [2.45, 2.75) is 13.8 Å². The molecule has 0 aliphatic heterocycles. The van der Waals surface area contributed by atoms with E-state index in [2.05, 4.69) is 0 Å². The monoisotopic (exact) mass is 486 g/mol. The second-order valence-corrected chi connectivity index (χ2v) is 4.49. The molecule has 0 aromatic carbocycles. The summed E-state index contributed by atoms with van der Waals surface area (Å²) in [7, 11) is 0. The summed E-state index contributed by atoms with van der Waals surface area (Å²) in [5, 5.41) is 59.5. The Kier molecular flexibility index (Phi) is 69.5. The maximum atomic E-state index is 10.4. The number of nitrogens with zero attached hydrogens (tertiary/aromatic N) is 2. The van der Waals surface area contributed by atoms with Gasteiger partial charge >= 0.3 is 0 Å². The van der Waals surface area contributed by atoms with Crippen molar-refractivity contribution in [3.63, 3.8) is 0 Å². The molecule has 18 nitrogen and oxygen atoms in total. The largest absolute Gasteiger partial charge is 0.855 e. The van der Waals surface area contributed by atoms with E-state index in [4.69, 9.17) is 10.2 Å². The molecule has 0 aromatic heterocycles. The normalized spacial score (nSPS) is 7.81. The van der Waals surface area contributed by atoms with Crippen molar-refractivity contribution < 1.29 is 49.8 Å². The average molecular weight is 487 g/mol. The minimum Gasteiger partial charge on any atom is -0.855 e. The summed E-state index contributed by atoms with van der Waals surface area (Å²) in [4.78, 5) is 43.4. The molecule has 32 heavy (non-hydrogen) atoms. The molecule has 0 amide bonds. The van der Waals surface area contributed by atoms with Gasteiger partial charge in [-0.25, -0.2) is 0 Å². The van der Waals surface area contributed by atoms with Gasteiger partial charge in [-0.05, 0) is 0 Å². The zero-order valence-corrected chi connectivity index (χ0v) is 20.6. The molecular formula is C14H46N8O10. The molecule has 0 rings (SSSR count). The van der Waals surface area contributed by atoms with E-state index < -0.39 is 50.1 Å². The van der Waals surface area contributed by atoms with E-state index in [0.29, 0.717) is 0 Å². The van der Waals surface area contributed by atoms with E-state index in [0.717, 1.165) is 9.80 Å². The lowest BCUT2D eigenvalue weighted by atomic mass is 10.4. The number of carbonyl (C=O) groups excluding carboxylic acids is 4. The number of hydrogen-bond acceptors (Lipinski definition) is 12. The maximum Gasteiger partial charge on any atom is 0.0555 e. The highest BCUT2D eigenvalue weighted by Gasteiger charge is 2.10. The predicted molar refractivity (Wildman–Crippen MR) is 110 cm³/mol. The van der Waals surface area contributed by atoms with Gasteiger partial charge in [0.15, 0.2) is 0 Å². The fourth-order valence-corrected chi connectivity index (χ4v) is 1.44. The topological polar surface area (TPSA) is 432 Å². The lowest BCUT2D eigenvalue weighted by molar-refractivity contribution is -0.362. The highest BCUT2D eigenvalue weighted by Crippen LogP contribution is 1.92. The summed E-state index contributed by atoms with van der Waals surface area (Å²) >= 11 is 0. The van der Waals surface area contributed by atoms with Gasteiger partial charge in [-0.2, -0.15) is 0 Å². The zero-order chi connectivity index (χ0) is 21.1. The van der Waals surface area contributed by atoms with E-state index in [1.807, 2.05) is 0 Å². The van der Waals surface area contributed by atoms with Crippen LogP contribution in [0.25, 0.3) is 0 Å². The van der Waals surface area contributed by atoms with Gasteiger partial charge in [0.1, 0.15) is 0 Å². The fourth-order valence-electron chi connectivity index (χ4n) is 1.44. The maximum absolute atomic E-state index is 10.4. The summed E-state index contributed by atoms with van der Waals surface area (Å²) in [6.07, 6.45) is 0. The van der Waals surface area contributed by atoms with Crippen LogP contribution in [0.3, 0.4) is 0 Å². The molecule has 0 atom stereocenters. The second-order valence-electron chi connectivity index (χ2n) is 4.49. The first-order chi connectivity index (χ1) is 12.0. The number of aliphatic carboxylic acids is 4. The molecule has 202 valence electrons. The van der Waals surface area contributed by atoms with Gasteiger partial charge in [0, 0.05) is 39.3 Å². The van der Waals surface area contributed by atoms with Crippen molar-refractivity contribution in [2.75, 3.05) is 52.5 Å². The van der Waals surface area contributed by atoms with Crippen molar-refractivity contribution in [2.24, 2.45) is 0 Å². The van der Waals surface area contributed by atoms with Crippen molar-refractivity contribution in [3.05, 3.63) is 0 Å². The Morgan fingerprint density at radius 3 is 0.719 bits per heavy atom. The van der Waals surface area contributed by atoms with E-state index in [9.17, 15) is 39.6 Å². The molecule has 0 bridgehead atoms. The van der Waals surface area contributed by atoms with Crippen molar-refractivity contribution >= 4 is 23.9 Å². The highest BCUT2D eigenvalue weighted by atomic mass is 16.4. The van der Waals surface area contributed by atoms with Gasteiger partial charge in [0.25, 0.3) is 0 Å². The number of carbonyl (C=O) groups is 4. The number of rotatable bonds is 11. The van der Waals surface area contributed by atoms with Crippen molar-refractivity contribution in [1.29, 1.82) is 0 Å². The predicted octanol–water partition coefficient (Wildman–Crippen LogP) is -6.42. The molecule has 24 N–H and O–H groups in total. The Hall–Kier alpha value is -2.52. The van der Waals surface area contributed by atoms with Crippen LogP contribution in [0, 0.1) is 0 Å². The van der Waals surface area contributed by atoms with Crippen LogP contribution in [0.5, 0.6) is 0 Å². The Bertz CT molecular complexity index is 362. The summed E-state index contributed by atoms with van der Waals surface area (Å²) in [5.41, 5.74) is 0. The SMILES string of the molecule is CC[O-].CC[O-].O=C([O-])CN(CCN(CC(=O)[O-])CC(=O)[O-])CC(=O)[O-].[NH4+].[NH4+].[NH4+].[NH4+].[NH4+].[NH4+]. The Morgan fingerprint density at radius 2 is 0.625 bits per heavy atom. The van der Waals surface area contributed by atoms with Crippen LogP contribution in [0.15, 0.2) is 0 Å². The van der Waals surface area contributed by atoms with Gasteiger partial charge in [-0.3, -0.25) is 9.80 Å². The van der Waals surface area contributed by atoms with Crippen molar-refractivity contribution in [3.8, 4) is 0 Å². The summed E-state index contributed by atoms with van der Waals surface area (Å²) in [5.74, 6) is -6.12. The summed E-state index contributed by atoms with van der Waals surface area (Å²) < 4.78 is 0. The molecule has 0 saturated heterocycles. The van der Waals surface area contributed by atoms with E-state index in [1.165, 1.54) is 0 Å². The average Bonchev–Trinajstić information content (AvgIpc) is 2.43.